The maximum absolute atomic E-state index is 13.8. The first kappa shape index (κ1) is 22.4. The quantitative estimate of drug-likeness (QED) is 0.390. The van der Waals surface area contributed by atoms with Gasteiger partial charge < -0.3 is 0 Å². The van der Waals surface area contributed by atoms with Crippen molar-refractivity contribution in [3.63, 3.8) is 0 Å². The van der Waals surface area contributed by atoms with Gasteiger partial charge in [-0.15, -0.1) is 0 Å². The highest BCUT2D eigenvalue weighted by Gasteiger charge is 2.20. The number of halogens is 1. The number of aryl methyl sites for hydroxylation is 1. The Balaban J connectivity index is 1.40. The van der Waals surface area contributed by atoms with Crippen LogP contribution >= 0.6 is 0 Å². The molecule has 1 aliphatic rings. The Morgan fingerprint density at radius 1 is 0.967 bits per heavy atom. The molecule has 1 aromatic carbocycles. The molecule has 0 bridgehead atoms. The van der Waals surface area contributed by atoms with E-state index in [9.17, 15) is 4.39 Å². The van der Waals surface area contributed by atoms with E-state index < -0.39 is 5.82 Å². The highest BCUT2D eigenvalue weighted by molar-refractivity contribution is 5.56. The second-order valence-corrected chi connectivity index (χ2v) is 8.85. The number of nitrogens with zero attached hydrogens (tertiary/aromatic N) is 3. The lowest BCUT2D eigenvalue weighted by Gasteiger charge is -2.28. The lowest BCUT2D eigenvalue weighted by molar-refractivity contribution is 0.248. The molecule has 1 aromatic heterocycles. The first-order valence-electron chi connectivity index (χ1n) is 11.7. The van der Waals surface area contributed by atoms with Gasteiger partial charge in [-0.05, 0) is 48.4 Å². The van der Waals surface area contributed by atoms with Crippen LogP contribution in [0.5, 0.6) is 0 Å². The molecule has 1 aliphatic carbocycles. The van der Waals surface area contributed by atoms with E-state index in [1.54, 1.807) is 6.07 Å². The molecule has 3 rings (SSSR count). The summed E-state index contributed by atoms with van der Waals surface area (Å²) in [6, 6.07) is 6.33. The lowest BCUT2D eigenvalue weighted by atomic mass is 9.78. The summed E-state index contributed by atoms with van der Waals surface area (Å²) < 4.78 is 13.8. The molecule has 0 amide bonds. The van der Waals surface area contributed by atoms with E-state index in [0.717, 1.165) is 23.8 Å². The predicted octanol–water partition coefficient (Wildman–Crippen LogP) is 7.25. The number of rotatable bonds is 10. The van der Waals surface area contributed by atoms with Crippen LogP contribution in [0.4, 0.5) is 4.39 Å². The molecule has 0 unspecified atom stereocenters. The number of hydrogen-bond donors (Lipinski definition) is 0. The molecule has 0 N–H and O–H groups in total. The van der Waals surface area contributed by atoms with Gasteiger partial charge in [0.25, 0.3) is 0 Å². The van der Waals surface area contributed by atoms with Gasteiger partial charge in [0.1, 0.15) is 11.9 Å². The van der Waals surface area contributed by atoms with Crippen LogP contribution in [-0.4, -0.2) is 9.97 Å². The van der Waals surface area contributed by atoms with Crippen molar-refractivity contribution in [3.8, 4) is 17.5 Å². The van der Waals surface area contributed by atoms with Crippen LogP contribution in [0.3, 0.4) is 0 Å². The van der Waals surface area contributed by atoms with Crippen molar-refractivity contribution in [2.75, 3.05) is 0 Å². The van der Waals surface area contributed by atoms with E-state index in [4.69, 9.17) is 5.26 Å². The number of benzene rings is 1. The van der Waals surface area contributed by atoms with Crippen LogP contribution in [0.15, 0.2) is 30.6 Å². The minimum absolute atomic E-state index is 0.0431. The summed E-state index contributed by atoms with van der Waals surface area (Å²) in [6.45, 7) is 2.28. The maximum Gasteiger partial charge on any atom is 0.159 e. The molecule has 30 heavy (non-hydrogen) atoms. The van der Waals surface area contributed by atoms with E-state index in [0.29, 0.717) is 11.4 Å². The average Bonchev–Trinajstić information content (AvgIpc) is 2.78. The molecule has 3 nitrogen and oxygen atoms in total. The van der Waals surface area contributed by atoms with Gasteiger partial charge in [0.2, 0.25) is 0 Å². The standard InChI is InChI=1S/C26H34FN3/c1-2-3-4-5-6-7-20-8-10-21(11-9-20)12-13-22-18-29-26(30-19-22)23-14-15-24(17-28)25(27)16-23/h14-16,18-21H,2-13H2,1H3/t20-,21-. The highest BCUT2D eigenvalue weighted by atomic mass is 19.1. The van der Waals surface area contributed by atoms with E-state index in [1.807, 2.05) is 18.5 Å². The summed E-state index contributed by atoms with van der Waals surface area (Å²) in [5, 5.41) is 8.84. The molecular weight excluding hydrogens is 373 g/mol. The van der Waals surface area contributed by atoms with Crippen LogP contribution in [-0.2, 0) is 6.42 Å². The van der Waals surface area contributed by atoms with Crippen molar-refractivity contribution in [1.29, 1.82) is 5.26 Å². The molecule has 0 atom stereocenters. The Bertz CT molecular complexity index is 817. The lowest BCUT2D eigenvalue weighted by Crippen LogP contribution is -2.15. The van der Waals surface area contributed by atoms with Gasteiger partial charge in [-0.2, -0.15) is 5.26 Å². The van der Waals surface area contributed by atoms with Crippen molar-refractivity contribution in [3.05, 3.63) is 47.5 Å². The Morgan fingerprint density at radius 3 is 2.27 bits per heavy atom. The zero-order chi connectivity index (χ0) is 21.2. The molecule has 0 saturated heterocycles. The Hall–Kier alpha value is -2.28. The maximum atomic E-state index is 13.8. The second kappa shape index (κ2) is 11.8. The van der Waals surface area contributed by atoms with E-state index >= 15 is 0 Å². The number of unbranched alkanes of at least 4 members (excludes halogenated alkanes) is 4. The van der Waals surface area contributed by atoms with E-state index in [-0.39, 0.29) is 5.56 Å². The Kier molecular flexibility index (Phi) is 8.81. The van der Waals surface area contributed by atoms with Crippen LogP contribution in [0.1, 0.15) is 88.7 Å². The number of hydrogen-bond acceptors (Lipinski definition) is 3. The van der Waals surface area contributed by atoms with Crippen LogP contribution in [0.25, 0.3) is 11.4 Å². The minimum Gasteiger partial charge on any atom is -0.236 e. The summed E-state index contributed by atoms with van der Waals surface area (Å²) in [5.41, 5.74) is 1.79. The van der Waals surface area contributed by atoms with Gasteiger partial charge in [0.15, 0.2) is 5.82 Å². The Labute approximate surface area is 180 Å². The van der Waals surface area contributed by atoms with Gasteiger partial charge in [-0.1, -0.05) is 71.1 Å². The van der Waals surface area contributed by atoms with E-state index in [2.05, 4.69) is 16.9 Å². The van der Waals surface area contributed by atoms with Crippen LogP contribution in [0.2, 0.25) is 0 Å². The van der Waals surface area contributed by atoms with E-state index in [1.165, 1.54) is 82.8 Å². The van der Waals surface area contributed by atoms with Crippen LogP contribution in [0, 0.1) is 29.0 Å². The molecule has 0 radical (unpaired) electrons. The zero-order valence-electron chi connectivity index (χ0n) is 18.2. The summed E-state index contributed by atoms with van der Waals surface area (Å²) in [7, 11) is 0. The number of nitriles is 1. The average molecular weight is 408 g/mol. The molecule has 160 valence electrons. The second-order valence-electron chi connectivity index (χ2n) is 8.85. The van der Waals surface area contributed by atoms with Crippen molar-refractivity contribution in [2.24, 2.45) is 11.8 Å². The normalized spacial score (nSPS) is 18.8. The molecule has 4 heteroatoms. The zero-order valence-corrected chi connectivity index (χ0v) is 18.2. The summed E-state index contributed by atoms with van der Waals surface area (Å²) >= 11 is 0. The third-order valence-electron chi connectivity index (χ3n) is 6.58. The third-order valence-corrected chi connectivity index (χ3v) is 6.58. The van der Waals surface area contributed by atoms with Gasteiger partial charge in [-0.3, -0.25) is 0 Å². The minimum atomic E-state index is -0.528. The molecule has 1 fully saturated rings. The van der Waals surface area contributed by atoms with Crippen molar-refractivity contribution in [1.82, 2.24) is 9.97 Å². The molecule has 0 aliphatic heterocycles. The summed E-state index contributed by atoms with van der Waals surface area (Å²) in [4.78, 5) is 8.83. The third kappa shape index (κ3) is 6.62. The topological polar surface area (TPSA) is 49.6 Å². The highest BCUT2D eigenvalue weighted by Crippen LogP contribution is 2.34. The van der Waals surface area contributed by atoms with Gasteiger partial charge in [0, 0.05) is 18.0 Å². The molecule has 0 spiro atoms. The molecule has 1 saturated carbocycles. The van der Waals surface area contributed by atoms with Crippen LogP contribution < -0.4 is 0 Å². The van der Waals surface area contributed by atoms with Gasteiger partial charge in [0.05, 0.1) is 5.56 Å². The molecule has 2 aromatic rings. The van der Waals surface area contributed by atoms with Crippen molar-refractivity contribution >= 4 is 0 Å². The van der Waals surface area contributed by atoms with Crippen molar-refractivity contribution in [2.45, 2.75) is 84.0 Å². The SMILES string of the molecule is CCCCCCC[C@H]1CC[C@H](CCc2cnc(-c3ccc(C#N)c(F)c3)nc2)CC1. The summed E-state index contributed by atoms with van der Waals surface area (Å²) in [5.74, 6) is 1.76. The fraction of sp³-hybridized carbons (Fsp3) is 0.577. The van der Waals surface area contributed by atoms with Gasteiger partial charge in [-0.25, -0.2) is 14.4 Å². The fourth-order valence-electron chi connectivity index (χ4n) is 4.59. The largest absolute Gasteiger partial charge is 0.236 e. The smallest absolute Gasteiger partial charge is 0.159 e. The first-order chi connectivity index (χ1) is 14.7. The number of aromatic nitrogens is 2. The van der Waals surface area contributed by atoms with Gasteiger partial charge >= 0.3 is 0 Å². The fourth-order valence-corrected chi connectivity index (χ4v) is 4.59. The molecular formula is C26H34FN3. The summed E-state index contributed by atoms with van der Waals surface area (Å²) in [6.07, 6.45) is 19.9. The molecule has 1 heterocycles. The van der Waals surface area contributed by atoms with Crippen molar-refractivity contribution < 1.29 is 4.39 Å². The first-order valence-corrected chi connectivity index (χ1v) is 11.7. The predicted molar refractivity (Wildman–Crippen MR) is 119 cm³/mol. The Morgan fingerprint density at radius 2 is 1.63 bits per heavy atom. The monoisotopic (exact) mass is 407 g/mol.